The fourth-order valence-electron chi connectivity index (χ4n) is 1.77. The lowest BCUT2D eigenvalue weighted by Crippen LogP contribution is -2.16. The predicted octanol–water partition coefficient (Wildman–Crippen LogP) is 1.13. The van der Waals surface area contributed by atoms with Crippen LogP contribution in [0.2, 0.25) is 0 Å². The van der Waals surface area contributed by atoms with E-state index in [4.69, 9.17) is 18.0 Å². The molecule has 0 aromatic carbocycles. The van der Waals surface area contributed by atoms with Crippen molar-refractivity contribution in [3.63, 3.8) is 0 Å². The third-order valence-electron chi connectivity index (χ3n) is 2.59. The van der Waals surface area contributed by atoms with E-state index in [0.29, 0.717) is 23.0 Å². The van der Waals surface area contributed by atoms with Crippen LogP contribution < -0.4 is 5.73 Å². The Labute approximate surface area is 114 Å². The van der Waals surface area contributed by atoms with Crippen LogP contribution in [0.25, 0.3) is 17.3 Å². The van der Waals surface area contributed by atoms with E-state index in [-0.39, 0.29) is 4.99 Å². The number of nitrogens with zero attached hydrogens (tertiary/aromatic N) is 5. The molecule has 0 radical (unpaired) electrons. The summed E-state index contributed by atoms with van der Waals surface area (Å²) in [5, 5.41) is 4.36. The zero-order valence-electron chi connectivity index (χ0n) is 10.1. The number of nitrogens with two attached hydrogens (primary N) is 1. The molecule has 3 heterocycles. The molecule has 3 aromatic rings. The van der Waals surface area contributed by atoms with Gasteiger partial charge in [0.25, 0.3) is 5.78 Å². The van der Waals surface area contributed by atoms with Crippen LogP contribution in [-0.2, 0) is 0 Å². The van der Waals surface area contributed by atoms with Crippen LogP contribution in [0.1, 0.15) is 11.4 Å². The Morgan fingerprint density at radius 1 is 1.32 bits per heavy atom. The highest BCUT2D eigenvalue weighted by Crippen LogP contribution is 2.14. The predicted molar refractivity (Wildman–Crippen MR) is 74.6 cm³/mol. The number of hydrogen-bond acceptors (Lipinski definition) is 5. The van der Waals surface area contributed by atoms with E-state index >= 15 is 0 Å². The molecule has 19 heavy (non-hydrogen) atoms. The van der Waals surface area contributed by atoms with Gasteiger partial charge in [0.1, 0.15) is 16.4 Å². The summed E-state index contributed by atoms with van der Waals surface area (Å²) < 4.78 is 1.54. The molecule has 0 aliphatic carbocycles. The van der Waals surface area contributed by atoms with Crippen molar-refractivity contribution in [3.05, 3.63) is 41.9 Å². The molecule has 0 fully saturated rings. The molecule has 0 spiro atoms. The molecule has 6 nitrogen and oxygen atoms in total. The van der Waals surface area contributed by atoms with Gasteiger partial charge in [-0.3, -0.25) is 4.98 Å². The molecule has 0 amide bonds. The lowest BCUT2D eigenvalue weighted by Gasteiger charge is -2.01. The molecule has 2 N–H and O–H groups in total. The maximum atomic E-state index is 5.70. The molecule has 0 saturated carbocycles. The first-order valence-corrected chi connectivity index (χ1v) is 6.01. The molecule has 0 aliphatic rings. The second kappa shape index (κ2) is 4.36. The van der Waals surface area contributed by atoms with Gasteiger partial charge in [0.15, 0.2) is 0 Å². The summed E-state index contributed by atoms with van der Waals surface area (Å²) >= 11 is 5.02. The van der Waals surface area contributed by atoms with Crippen LogP contribution in [0.4, 0.5) is 0 Å². The van der Waals surface area contributed by atoms with E-state index in [9.17, 15) is 0 Å². The van der Waals surface area contributed by atoms with Gasteiger partial charge in [0, 0.05) is 11.9 Å². The van der Waals surface area contributed by atoms with Crippen molar-refractivity contribution in [3.8, 4) is 11.5 Å². The van der Waals surface area contributed by atoms with Crippen molar-refractivity contribution in [1.29, 1.82) is 0 Å². The normalized spacial score (nSPS) is 10.8. The lowest BCUT2D eigenvalue weighted by atomic mass is 10.3. The molecule has 94 valence electrons. The van der Waals surface area contributed by atoms with Crippen molar-refractivity contribution in [2.45, 2.75) is 6.92 Å². The molecule has 3 rings (SSSR count). The molecule has 0 aliphatic heterocycles. The maximum absolute atomic E-state index is 5.70. The van der Waals surface area contributed by atoms with Crippen molar-refractivity contribution in [2.75, 3.05) is 0 Å². The molecule has 0 unspecified atom stereocenters. The van der Waals surface area contributed by atoms with Crippen LogP contribution in [0.3, 0.4) is 0 Å². The summed E-state index contributed by atoms with van der Waals surface area (Å²) in [6, 6.07) is 7.33. The number of aryl methyl sites for hydroxylation is 1. The summed E-state index contributed by atoms with van der Waals surface area (Å²) in [6.45, 7) is 1.86. The van der Waals surface area contributed by atoms with Gasteiger partial charge in [0.2, 0.25) is 5.82 Å². The summed E-state index contributed by atoms with van der Waals surface area (Å²) in [7, 11) is 0. The van der Waals surface area contributed by atoms with Crippen LogP contribution in [0.15, 0.2) is 30.5 Å². The van der Waals surface area contributed by atoms with Crippen molar-refractivity contribution >= 4 is 23.0 Å². The Hall–Kier alpha value is -2.41. The first-order valence-electron chi connectivity index (χ1n) is 5.61. The fourth-order valence-corrected chi connectivity index (χ4v) is 1.91. The Kier molecular flexibility index (Phi) is 2.68. The Morgan fingerprint density at radius 2 is 2.16 bits per heavy atom. The zero-order chi connectivity index (χ0) is 13.4. The molecule has 3 aromatic heterocycles. The minimum absolute atomic E-state index is 0.257. The van der Waals surface area contributed by atoms with Gasteiger partial charge >= 0.3 is 0 Å². The Balaban J connectivity index is 2.26. The zero-order valence-corrected chi connectivity index (χ0v) is 10.9. The van der Waals surface area contributed by atoms with Crippen molar-refractivity contribution in [2.24, 2.45) is 5.73 Å². The minimum Gasteiger partial charge on any atom is -0.388 e. The maximum Gasteiger partial charge on any atom is 0.253 e. The number of fused-ring (bicyclic) bond motifs is 1. The van der Waals surface area contributed by atoms with Crippen LogP contribution in [-0.4, -0.2) is 29.6 Å². The molecular formula is C12H10N6S. The van der Waals surface area contributed by atoms with Crippen molar-refractivity contribution < 1.29 is 0 Å². The molecule has 7 heteroatoms. The molecule has 0 atom stereocenters. The molecular weight excluding hydrogens is 260 g/mol. The summed E-state index contributed by atoms with van der Waals surface area (Å²) in [4.78, 5) is 13.1. The summed E-state index contributed by atoms with van der Waals surface area (Å²) in [5.41, 5.74) is 7.78. The highest BCUT2D eigenvalue weighted by atomic mass is 32.1. The second-order valence-corrected chi connectivity index (χ2v) is 4.45. The van der Waals surface area contributed by atoms with E-state index in [1.807, 2.05) is 25.1 Å². The van der Waals surface area contributed by atoms with Crippen molar-refractivity contribution in [1.82, 2.24) is 24.6 Å². The van der Waals surface area contributed by atoms with Gasteiger partial charge in [-0.1, -0.05) is 18.3 Å². The number of hydrogen-bond donors (Lipinski definition) is 1. The topological polar surface area (TPSA) is 82.0 Å². The molecule has 0 saturated heterocycles. The third kappa shape index (κ3) is 2.04. The first kappa shape index (κ1) is 11.7. The number of rotatable bonds is 2. The number of thiocarbonyl (C=S) groups is 1. The third-order valence-corrected chi connectivity index (χ3v) is 2.80. The lowest BCUT2D eigenvalue weighted by molar-refractivity contribution is 0.918. The smallest absolute Gasteiger partial charge is 0.253 e. The van der Waals surface area contributed by atoms with Gasteiger partial charge in [0.05, 0.1) is 0 Å². The highest BCUT2D eigenvalue weighted by Gasteiger charge is 2.13. The highest BCUT2D eigenvalue weighted by molar-refractivity contribution is 7.80. The first-order chi connectivity index (χ1) is 9.15. The summed E-state index contributed by atoms with van der Waals surface area (Å²) in [5.74, 6) is 0.958. The molecule has 0 bridgehead atoms. The van der Waals surface area contributed by atoms with Crippen LogP contribution in [0, 0.1) is 6.92 Å². The van der Waals surface area contributed by atoms with E-state index in [1.165, 1.54) is 0 Å². The van der Waals surface area contributed by atoms with Gasteiger partial charge in [-0.15, -0.1) is 5.10 Å². The number of aromatic nitrogens is 5. The average Bonchev–Trinajstić information content (AvgIpc) is 2.82. The quantitative estimate of drug-likeness (QED) is 0.703. The van der Waals surface area contributed by atoms with Crippen LogP contribution in [0.5, 0.6) is 0 Å². The van der Waals surface area contributed by atoms with Gasteiger partial charge in [-0.25, -0.2) is 4.98 Å². The summed E-state index contributed by atoms with van der Waals surface area (Å²) in [6.07, 6.45) is 1.69. The minimum atomic E-state index is 0.257. The Morgan fingerprint density at radius 3 is 2.84 bits per heavy atom. The van der Waals surface area contributed by atoms with E-state index < -0.39 is 0 Å². The van der Waals surface area contributed by atoms with Gasteiger partial charge in [-0.2, -0.15) is 9.50 Å². The van der Waals surface area contributed by atoms with Gasteiger partial charge < -0.3 is 5.73 Å². The monoisotopic (exact) mass is 270 g/mol. The fraction of sp³-hybridized carbons (Fsp3) is 0.0833. The number of pyridine rings is 1. The van der Waals surface area contributed by atoms with E-state index in [1.54, 1.807) is 16.8 Å². The van der Waals surface area contributed by atoms with Gasteiger partial charge in [-0.05, 0) is 25.1 Å². The SMILES string of the molecule is Cc1cc(C(N)=S)n2nc(-c3ccccn3)nc2n1. The van der Waals surface area contributed by atoms with E-state index in [2.05, 4.69) is 20.1 Å². The Bertz CT molecular complexity index is 764. The standard InChI is InChI=1S/C12H10N6S/c1-7-6-9(10(13)19)18-12(15-7)16-11(17-18)8-4-2-3-5-14-8/h2-6H,1H3,(H2,13,19). The largest absolute Gasteiger partial charge is 0.388 e. The van der Waals surface area contributed by atoms with Crippen LogP contribution >= 0.6 is 12.2 Å². The second-order valence-electron chi connectivity index (χ2n) is 4.01. The average molecular weight is 270 g/mol. The van der Waals surface area contributed by atoms with E-state index in [0.717, 1.165) is 5.69 Å².